The number of carbonyl (C=O) groups excluding carboxylic acids is 1. The van der Waals surface area contributed by atoms with E-state index >= 15 is 0 Å². The molecule has 18 heavy (non-hydrogen) atoms. The molecule has 0 aliphatic rings. The smallest absolute Gasteiger partial charge is 0.358 e. The van der Waals surface area contributed by atoms with Crippen LogP contribution in [-0.4, -0.2) is 37.1 Å². The molecule has 0 radical (unpaired) electrons. The van der Waals surface area contributed by atoms with Gasteiger partial charge < -0.3 is 4.74 Å². The summed E-state index contributed by atoms with van der Waals surface area (Å²) in [6, 6.07) is 2.98. The van der Waals surface area contributed by atoms with Gasteiger partial charge in [0.05, 0.1) is 7.11 Å². The number of rotatable bonds is 2. The molecule has 0 saturated heterocycles. The minimum absolute atomic E-state index is 0.133. The van der Waals surface area contributed by atoms with Crippen molar-refractivity contribution in [1.82, 2.24) is 9.38 Å². The van der Waals surface area contributed by atoms with E-state index in [1.54, 1.807) is 0 Å². The number of halogens is 1. The molecule has 0 saturated carbocycles. The van der Waals surface area contributed by atoms with Gasteiger partial charge in [-0.15, -0.1) is 0 Å². The van der Waals surface area contributed by atoms with Gasteiger partial charge in [0.25, 0.3) is 0 Å². The van der Waals surface area contributed by atoms with Crippen molar-refractivity contribution >= 4 is 33.1 Å². The number of sulfone groups is 1. The molecule has 2 aromatic rings. The van der Waals surface area contributed by atoms with Gasteiger partial charge in [0.15, 0.2) is 20.6 Å². The van der Waals surface area contributed by atoms with Crippen LogP contribution < -0.4 is 0 Å². The number of imidazole rings is 1. The van der Waals surface area contributed by atoms with Gasteiger partial charge in [0, 0.05) is 23.5 Å². The molecule has 0 aromatic carbocycles. The van der Waals surface area contributed by atoms with E-state index in [0.717, 1.165) is 6.26 Å². The summed E-state index contributed by atoms with van der Waals surface area (Å²) in [5.74, 6) is -0.773. The quantitative estimate of drug-likeness (QED) is 0.775. The van der Waals surface area contributed by atoms with Crippen molar-refractivity contribution in [3.63, 3.8) is 0 Å². The predicted molar refractivity (Wildman–Crippen MR) is 64.7 cm³/mol. The Bertz CT molecular complexity index is 736. The molecular weight excluding hydrogens is 280 g/mol. The van der Waals surface area contributed by atoms with Crippen LogP contribution in [0.2, 0.25) is 5.02 Å². The van der Waals surface area contributed by atoms with Crippen LogP contribution in [0.15, 0.2) is 23.4 Å². The number of esters is 1. The first-order valence-electron chi connectivity index (χ1n) is 4.80. The Kier molecular flexibility index (Phi) is 3.04. The maximum Gasteiger partial charge on any atom is 0.358 e. The minimum atomic E-state index is -3.64. The number of ether oxygens (including phenoxy) is 1. The molecule has 0 amide bonds. The van der Waals surface area contributed by atoms with E-state index in [4.69, 9.17) is 11.6 Å². The molecule has 2 aromatic heterocycles. The number of nitrogens with zero attached hydrogens (tertiary/aromatic N) is 2. The molecule has 0 fully saturated rings. The van der Waals surface area contributed by atoms with Gasteiger partial charge in [-0.25, -0.2) is 18.2 Å². The van der Waals surface area contributed by atoms with Gasteiger partial charge in [0.1, 0.15) is 5.65 Å². The molecule has 0 bridgehead atoms. The van der Waals surface area contributed by atoms with Gasteiger partial charge in [-0.05, 0) is 6.07 Å². The number of hydrogen-bond acceptors (Lipinski definition) is 5. The van der Waals surface area contributed by atoms with E-state index < -0.39 is 15.8 Å². The Morgan fingerprint density at radius 1 is 1.50 bits per heavy atom. The summed E-state index contributed by atoms with van der Waals surface area (Å²) in [6.45, 7) is 0. The fourth-order valence-electron chi connectivity index (χ4n) is 1.54. The van der Waals surface area contributed by atoms with E-state index in [1.165, 1.54) is 29.8 Å². The van der Waals surface area contributed by atoms with E-state index in [1.807, 2.05) is 0 Å². The molecule has 2 heterocycles. The summed E-state index contributed by atoms with van der Waals surface area (Å²) in [4.78, 5) is 15.6. The lowest BCUT2D eigenvalue weighted by molar-refractivity contribution is 0.0588. The second-order valence-corrected chi connectivity index (χ2v) is 5.97. The van der Waals surface area contributed by atoms with E-state index in [2.05, 4.69) is 9.72 Å². The molecule has 96 valence electrons. The highest BCUT2D eigenvalue weighted by molar-refractivity contribution is 7.90. The van der Waals surface area contributed by atoms with Crippen LogP contribution in [0.25, 0.3) is 5.65 Å². The van der Waals surface area contributed by atoms with E-state index in [-0.39, 0.29) is 16.4 Å². The molecule has 6 nitrogen and oxygen atoms in total. The van der Waals surface area contributed by atoms with Crippen LogP contribution >= 0.6 is 11.6 Å². The van der Waals surface area contributed by atoms with Gasteiger partial charge >= 0.3 is 5.97 Å². The van der Waals surface area contributed by atoms with Crippen LogP contribution in [-0.2, 0) is 14.6 Å². The lowest BCUT2D eigenvalue weighted by atomic mass is 10.4. The average Bonchev–Trinajstić information content (AvgIpc) is 2.66. The highest BCUT2D eigenvalue weighted by Crippen LogP contribution is 2.21. The van der Waals surface area contributed by atoms with Crippen molar-refractivity contribution in [1.29, 1.82) is 0 Å². The minimum Gasteiger partial charge on any atom is -0.464 e. The van der Waals surface area contributed by atoms with Crippen LogP contribution in [0.4, 0.5) is 0 Å². The Morgan fingerprint density at radius 2 is 2.17 bits per heavy atom. The van der Waals surface area contributed by atoms with Crippen molar-refractivity contribution in [2.24, 2.45) is 0 Å². The van der Waals surface area contributed by atoms with Crippen LogP contribution in [0, 0.1) is 0 Å². The number of carbonyl (C=O) groups is 1. The fourth-order valence-corrected chi connectivity index (χ4v) is 2.49. The van der Waals surface area contributed by atoms with E-state index in [0.29, 0.717) is 5.02 Å². The van der Waals surface area contributed by atoms with Crippen molar-refractivity contribution in [2.75, 3.05) is 13.4 Å². The number of hydrogen-bond donors (Lipinski definition) is 0. The Labute approximate surface area is 108 Å². The summed E-state index contributed by atoms with van der Waals surface area (Å²) in [6.07, 6.45) is 2.44. The average molecular weight is 289 g/mol. The fraction of sp³-hybridized carbons (Fsp3) is 0.200. The third-order valence-corrected chi connectivity index (χ3v) is 3.51. The van der Waals surface area contributed by atoms with Crippen LogP contribution in [0.3, 0.4) is 0 Å². The first-order chi connectivity index (χ1) is 8.34. The maximum absolute atomic E-state index is 11.7. The number of pyridine rings is 1. The molecular formula is C10H9ClN2O4S. The Balaban J connectivity index is 2.89. The summed E-state index contributed by atoms with van der Waals surface area (Å²) in [5, 5.41) is 0.0700. The zero-order valence-corrected chi connectivity index (χ0v) is 11.1. The molecule has 0 atom stereocenters. The van der Waals surface area contributed by atoms with Gasteiger partial charge in [-0.2, -0.15) is 0 Å². The second-order valence-electron chi connectivity index (χ2n) is 3.60. The Morgan fingerprint density at radius 3 is 2.72 bits per heavy atom. The lowest BCUT2D eigenvalue weighted by Gasteiger charge is -2.01. The third kappa shape index (κ3) is 2.06. The largest absolute Gasteiger partial charge is 0.464 e. The summed E-state index contributed by atoms with van der Waals surface area (Å²) in [5.41, 5.74) is 0.134. The van der Waals surface area contributed by atoms with Crippen molar-refractivity contribution < 1.29 is 17.9 Å². The summed E-state index contributed by atoms with van der Waals surface area (Å²) in [7, 11) is -2.47. The van der Waals surface area contributed by atoms with Gasteiger partial charge in [0.2, 0.25) is 0 Å². The Hall–Kier alpha value is -1.60. The number of aromatic nitrogens is 2. The molecule has 0 N–H and O–H groups in total. The lowest BCUT2D eigenvalue weighted by Crippen LogP contribution is -2.11. The van der Waals surface area contributed by atoms with Crippen LogP contribution in [0.5, 0.6) is 0 Å². The molecule has 0 aliphatic carbocycles. The first kappa shape index (κ1) is 12.8. The zero-order valence-electron chi connectivity index (χ0n) is 9.55. The molecule has 0 spiro atoms. The zero-order chi connectivity index (χ0) is 13.5. The molecule has 0 aliphatic heterocycles. The van der Waals surface area contributed by atoms with Gasteiger partial charge in [-0.3, -0.25) is 4.40 Å². The highest BCUT2D eigenvalue weighted by Gasteiger charge is 2.26. The maximum atomic E-state index is 11.7. The van der Waals surface area contributed by atoms with Crippen molar-refractivity contribution in [2.45, 2.75) is 5.03 Å². The SMILES string of the molecule is COC(=O)c1c(S(C)(=O)=O)nc2cc(Cl)ccn12. The van der Waals surface area contributed by atoms with Crippen LogP contribution in [0.1, 0.15) is 10.5 Å². The predicted octanol–water partition coefficient (Wildman–Crippen LogP) is 1.18. The second kappa shape index (κ2) is 4.25. The molecule has 8 heteroatoms. The van der Waals surface area contributed by atoms with Crippen molar-refractivity contribution in [3.05, 3.63) is 29.0 Å². The topological polar surface area (TPSA) is 77.7 Å². The molecule has 2 rings (SSSR count). The monoisotopic (exact) mass is 288 g/mol. The summed E-state index contributed by atoms with van der Waals surface area (Å²) >= 11 is 5.79. The third-order valence-electron chi connectivity index (χ3n) is 2.29. The van der Waals surface area contributed by atoms with E-state index in [9.17, 15) is 13.2 Å². The highest BCUT2D eigenvalue weighted by atomic mass is 35.5. The van der Waals surface area contributed by atoms with Crippen molar-refractivity contribution in [3.8, 4) is 0 Å². The standard InChI is InChI=1S/C10H9ClN2O4S/c1-17-10(14)8-9(18(2,15)16)12-7-5-6(11)3-4-13(7)8/h3-5H,1-2H3. The normalized spacial score (nSPS) is 11.7. The van der Waals surface area contributed by atoms with Gasteiger partial charge in [-0.1, -0.05) is 11.6 Å². The summed E-state index contributed by atoms with van der Waals surface area (Å²) < 4.78 is 29.1. The first-order valence-corrected chi connectivity index (χ1v) is 7.07. The molecule has 0 unspecified atom stereocenters. The number of methoxy groups -OCH3 is 1. The number of fused-ring (bicyclic) bond motifs is 1.